The number of methoxy groups -OCH3 is 1. The van der Waals surface area contributed by atoms with E-state index in [9.17, 15) is 14.4 Å². The first kappa shape index (κ1) is 22.4. The van der Waals surface area contributed by atoms with Crippen LogP contribution in [0, 0.1) is 13.8 Å². The van der Waals surface area contributed by atoms with E-state index in [1.165, 1.54) is 0 Å². The van der Waals surface area contributed by atoms with Crippen molar-refractivity contribution in [2.75, 3.05) is 19.0 Å². The summed E-state index contributed by atoms with van der Waals surface area (Å²) in [5.41, 5.74) is 4.25. The second-order valence-electron chi connectivity index (χ2n) is 7.62. The Morgan fingerprint density at radius 1 is 1.06 bits per heavy atom. The fraction of sp³-hybridized carbons (Fsp3) is 0.160. The van der Waals surface area contributed by atoms with Crippen LogP contribution >= 0.6 is 11.8 Å². The van der Waals surface area contributed by atoms with Crippen molar-refractivity contribution in [1.29, 1.82) is 0 Å². The number of rotatable bonds is 6. The van der Waals surface area contributed by atoms with Gasteiger partial charge in [-0.2, -0.15) is 0 Å². The van der Waals surface area contributed by atoms with Crippen molar-refractivity contribution in [3.8, 4) is 11.4 Å². The number of imide groups is 1. The van der Waals surface area contributed by atoms with E-state index in [1.54, 1.807) is 19.3 Å². The van der Waals surface area contributed by atoms with Crippen molar-refractivity contribution in [3.63, 3.8) is 0 Å². The second-order valence-corrected chi connectivity index (χ2v) is 8.61. The first-order valence-electron chi connectivity index (χ1n) is 10.3. The summed E-state index contributed by atoms with van der Waals surface area (Å²) in [6, 6.07) is 18.7. The van der Waals surface area contributed by atoms with Crippen molar-refractivity contribution < 1.29 is 19.1 Å². The minimum atomic E-state index is -0.482. The summed E-state index contributed by atoms with van der Waals surface area (Å²) >= 11 is 0.832. The Morgan fingerprint density at radius 3 is 2.52 bits per heavy atom. The van der Waals surface area contributed by atoms with E-state index < -0.39 is 17.1 Å². The molecule has 0 radical (unpaired) electrons. The molecule has 0 bridgehead atoms. The van der Waals surface area contributed by atoms with Gasteiger partial charge in [0.1, 0.15) is 12.3 Å². The topological polar surface area (TPSA) is 80.6 Å². The number of aromatic nitrogens is 1. The summed E-state index contributed by atoms with van der Waals surface area (Å²) in [6.45, 7) is 3.54. The highest BCUT2D eigenvalue weighted by atomic mass is 32.2. The molecule has 2 aromatic carbocycles. The average Bonchev–Trinajstić information content (AvgIpc) is 3.28. The maximum absolute atomic E-state index is 12.9. The number of hydrogen-bond donors (Lipinski definition) is 1. The number of aryl methyl sites for hydroxylation is 2. The molecule has 7 nitrogen and oxygen atoms in total. The van der Waals surface area contributed by atoms with Crippen LogP contribution in [-0.4, -0.2) is 40.2 Å². The highest BCUT2D eigenvalue weighted by Gasteiger charge is 2.36. The van der Waals surface area contributed by atoms with E-state index in [-0.39, 0.29) is 11.4 Å². The number of ether oxygens (including phenoxy) is 1. The molecule has 0 atom stereocenters. The smallest absolute Gasteiger partial charge is 0.294 e. The van der Waals surface area contributed by atoms with Crippen LogP contribution in [0.4, 0.5) is 10.5 Å². The number of anilines is 1. The van der Waals surface area contributed by atoms with E-state index in [0.29, 0.717) is 5.69 Å². The Labute approximate surface area is 196 Å². The highest BCUT2D eigenvalue weighted by Crippen LogP contribution is 2.33. The summed E-state index contributed by atoms with van der Waals surface area (Å²) in [7, 11) is 1.61. The van der Waals surface area contributed by atoms with Gasteiger partial charge >= 0.3 is 0 Å². The Bertz CT molecular complexity index is 1260. The zero-order valence-corrected chi connectivity index (χ0v) is 19.3. The van der Waals surface area contributed by atoms with Crippen LogP contribution in [0.3, 0.4) is 0 Å². The summed E-state index contributed by atoms with van der Waals surface area (Å²) in [5, 5.41) is 2.26. The summed E-state index contributed by atoms with van der Waals surface area (Å²) in [6.07, 6.45) is 1.68. The molecule has 3 aromatic rings. The highest BCUT2D eigenvalue weighted by molar-refractivity contribution is 8.18. The summed E-state index contributed by atoms with van der Waals surface area (Å²) in [4.78, 5) is 39.1. The van der Waals surface area contributed by atoms with Gasteiger partial charge in [-0.3, -0.25) is 19.3 Å². The molecule has 1 N–H and O–H groups in total. The molecule has 2 heterocycles. The molecule has 168 valence electrons. The molecule has 0 aliphatic carbocycles. The number of carbonyl (C=O) groups excluding carboxylic acids is 3. The van der Waals surface area contributed by atoms with Gasteiger partial charge in [-0.15, -0.1) is 0 Å². The molecular formula is C25H23N3O4S. The number of nitrogens with zero attached hydrogens (tertiary/aromatic N) is 2. The fourth-order valence-corrected chi connectivity index (χ4v) is 4.42. The molecule has 1 fully saturated rings. The molecule has 4 rings (SSSR count). The van der Waals surface area contributed by atoms with Crippen molar-refractivity contribution in [3.05, 3.63) is 82.5 Å². The quantitative estimate of drug-likeness (QED) is 0.535. The Hall–Kier alpha value is -3.78. The third kappa shape index (κ3) is 4.85. The minimum absolute atomic E-state index is 0.274. The SMILES string of the molecule is COc1ccc(-n2c(C)ccc2/C=C2\SC(=O)N(CC(=O)Nc3cccc(C)c3)C2=O)cc1. The number of benzene rings is 2. The summed E-state index contributed by atoms with van der Waals surface area (Å²) < 4.78 is 7.21. The second kappa shape index (κ2) is 9.38. The van der Waals surface area contributed by atoms with Gasteiger partial charge in [0.05, 0.1) is 12.0 Å². The standard InChI is InChI=1S/C25H23N3O4S/c1-16-5-4-6-18(13-16)26-23(29)15-27-24(30)22(33-25(27)31)14-20-8-7-17(2)28(20)19-9-11-21(32-3)12-10-19/h4-14H,15H2,1-3H3,(H,26,29)/b22-14-. The Kier molecular flexibility index (Phi) is 6.37. The van der Waals surface area contributed by atoms with E-state index in [4.69, 9.17) is 4.74 Å². The maximum atomic E-state index is 12.9. The van der Waals surface area contributed by atoms with E-state index in [0.717, 1.165) is 45.1 Å². The molecule has 1 aliphatic heterocycles. The van der Waals surface area contributed by atoms with Gasteiger partial charge in [-0.25, -0.2) is 0 Å². The first-order valence-corrected chi connectivity index (χ1v) is 11.1. The van der Waals surface area contributed by atoms with Crippen LogP contribution < -0.4 is 10.1 Å². The maximum Gasteiger partial charge on any atom is 0.294 e. The van der Waals surface area contributed by atoms with Gasteiger partial charge in [-0.05, 0) is 85.8 Å². The van der Waals surface area contributed by atoms with Crippen molar-refractivity contribution >= 4 is 40.6 Å². The molecule has 1 aromatic heterocycles. The van der Waals surface area contributed by atoms with Gasteiger partial charge in [-0.1, -0.05) is 12.1 Å². The molecule has 0 saturated carbocycles. The van der Waals surface area contributed by atoms with E-state index >= 15 is 0 Å². The Morgan fingerprint density at radius 2 is 1.82 bits per heavy atom. The molecule has 0 spiro atoms. The van der Waals surface area contributed by atoms with Crippen molar-refractivity contribution in [2.24, 2.45) is 0 Å². The largest absolute Gasteiger partial charge is 0.497 e. The van der Waals surface area contributed by atoms with Crippen molar-refractivity contribution in [1.82, 2.24) is 9.47 Å². The monoisotopic (exact) mass is 461 g/mol. The number of thioether (sulfide) groups is 1. The van der Waals surface area contributed by atoms with Crippen LogP contribution in [0.5, 0.6) is 5.75 Å². The lowest BCUT2D eigenvalue weighted by molar-refractivity contribution is -0.127. The number of amides is 3. The van der Waals surface area contributed by atoms with E-state index in [1.807, 2.05) is 73.0 Å². The molecule has 1 saturated heterocycles. The van der Waals surface area contributed by atoms with Gasteiger partial charge in [0, 0.05) is 22.8 Å². The number of nitrogens with one attached hydrogen (secondary N) is 1. The Balaban J connectivity index is 1.53. The lowest BCUT2D eigenvalue weighted by Crippen LogP contribution is -2.36. The predicted molar refractivity (Wildman–Crippen MR) is 130 cm³/mol. The molecule has 3 amide bonds. The van der Waals surface area contributed by atoms with Crippen LogP contribution in [0.25, 0.3) is 11.8 Å². The van der Waals surface area contributed by atoms with Gasteiger partial charge in [0.25, 0.3) is 11.1 Å². The lowest BCUT2D eigenvalue weighted by Gasteiger charge is -2.13. The molecule has 0 unspecified atom stereocenters. The van der Waals surface area contributed by atoms with Crippen molar-refractivity contribution in [2.45, 2.75) is 13.8 Å². The predicted octanol–water partition coefficient (Wildman–Crippen LogP) is 4.78. The lowest BCUT2D eigenvalue weighted by atomic mass is 10.2. The van der Waals surface area contributed by atoms with Gasteiger partial charge in [0.15, 0.2) is 0 Å². The third-order valence-electron chi connectivity index (χ3n) is 5.19. The summed E-state index contributed by atoms with van der Waals surface area (Å²) in [5.74, 6) is -0.165. The van der Waals surface area contributed by atoms with Crippen LogP contribution in [0.1, 0.15) is 17.0 Å². The molecular weight excluding hydrogens is 438 g/mol. The zero-order chi connectivity index (χ0) is 23.5. The van der Waals surface area contributed by atoms with Gasteiger partial charge in [0.2, 0.25) is 5.91 Å². The van der Waals surface area contributed by atoms with Crippen LogP contribution in [0.2, 0.25) is 0 Å². The zero-order valence-electron chi connectivity index (χ0n) is 18.5. The average molecular weight is 462 g/mol. The number of hydrogen-bond acceptors (Lipinski definition) is 5. The van der Waals surface area contributed by atoms with E-state index in [2.05, 4.69) is 5.32 Å². The van der Waals surface area contributed by atoms with Crippen LogP contribution in [0.15, 0.2) is 65.6 Å². The normalized spacial score (nSPS) is 14.8. The third-order valence-corrected chi connectivity index (χ3v) is 6.10. The van der Waals surface area contributed by atoms with Crippen LogP contribution in [-0.2, 0) is 9.59 Å². The number of carbonyl (C=O) groups is 3. The molecule has 33 heavy (non-hydrogen) atoms. The van der Waals surface area contributed by atoms with Gasteiger partial charge < -0.3 is 14.6 Å². The minimum Gasteiger partial charge on any atom is -0.497 e. The fourth-order valence-electron chi connectivity index (χ4n) is 3.59. The first-order chi connectivity index (χ1) is 15.9. The molecule has 1 aliphatic rings. The molecule has 8 heteroatoms.